The maximum atomic E-state index is 13.6. The summed E-state index contributed by atoms with van der Waals surface area (Å²) in [6.45, 7) is 6.87. The van der Waals surface area contributed by atoms with Crippen LogP contribution in [0.1, 0.15) is 57.2 Å². The number of fused-ring (bicyclic) bond motifs is 1. The van der Waals surface area contributed by atoms with E-state index >= 15 is 0 Å². The maximum Gasteiger partial charge on any atom is 0.227 e. The van der Waals surface area contributed by atoms with Crippen LogP contribution in [0.5, 0.6) is 11.5 Å². The first kappa shape index (κ1) is 27.1. The van der Waals surface area contributed by atoms with Gasteiger partial charge in [0.15, 0.2) is 17.3 Å². The van der Waals surface area contributed by atoms with E-state index < -0.39 is 6.04 Å². The minimum atomic E-state index is -0.447. The van der Waals surface area contributed by atoms with Crippen molar-refractivity contribution in [1.29, 1.82) is 0 Å². The monoisotopic (exact) mass is 616 g/mol. The van der Waals surface area contributed by atoms with Crippen molar-refractivity contribution < 1.29 is 14.3 Å². The molecule has 1 N–H and O–H groups in total. The number of methoxy groups -OCH3 is 1. The topological polar surface area (TPSA) is 78.3 Å². The molecule has 0 radical (unpaired) electrons. The van der Waals surface area contributed by atoms with E-state index in [2.05, 4.69) is 42.0 Å². The smallest absolute Gasteiger partial charge is 0.227 e. The Hall–Kier alpha value is -2.49. The zero-order chi connectivity index (χ0) is 27.0. The second kappa shape index (κ2) is 10.9. The minimum absolute atomic E-state index is 0.113. The number of ether oxygens (including phenoxy) is 2. The third kappa shape index (κ3) is 5.33. The molecule has 2 aromatic carbocycles. The molecule has 0 amide bonds. The average molecular weight is 618 g/mol. The van der Waals surface area contributed by atoms with Crippen LogP contribution in [-0.4, -0.2) is 34.3 Å². The number of allylic oxidation sites excluding steroid dienone is 2. The molecule has 0 fully saturated rings. The fraction of sp³-hybridized carbons (Fsp3) is 0.393. The van der Waals surface area contributed by atoms with Gasteiger partial charge >= 0.3 is 0 Å². The Morgan fingerprint density at radius 1 is 1.26 bits per heavy atom. The summed E-state index contributed by atoms with van der Waals surface area (Å²) in [5.41, 5.74) is 3.37. The Labute approximate surface area is 240 Å². The summed E-state index contributed by atoms with van der Waals surface area (Å²) < 4.78 is 14.2. The fourth-order valence-electron chi connectivity index (χ4n) is 4.96. The Bertz CT molecular complexity index is 1420. The third-order valence-electron chi connectivity index (χ3n) is 6.65. The van der Waals surface area contributed by atoms with Crippen molar-refractivity contribution in [2.75, 3.05) is 19.0 Å². The van der Waals surface area contributed by atoms with E-state index in [0.717, 1.165) is 39.7 Å². The largest absolute Gasteiger partial charge is 0.493 e. The number of halogens is 2. The number of carbonyl (C=O) groups is 1. The molecule has 1 aliphatic carbocycles. The summed E-state index contributed by atoms with van der Waals surface area (Å²) in [4.78, 5) is 18.4. The number of Topliss-reactive ketones (excluding diaryl/α,β-unsaturated/α-hetero) is 1. The molecule has 1 aliphatic heterocycles. The van der Waals surface area contributed by atoms with Gasteiger partial charge in [0.1, 0.15) is 6.04 Å². The van der Waals surface area contributed by atoms with Gasteiger partial charge in [-0.15, -0.1) is 5.10 Å². The zero-order valence-corrected chi connectivity index (χ0v) is 25.0. The summed E-state index contributed by atoms with van der Waals surface area (Å²) in [6.07, 6.45) is 2.09. The Balaban J connectivity index is 1.57. The molecule has 0 spiro atoms. The van der Waals surface area contributed by atoms with Gasteiger partial charge in [0, 0.05) is 28.5 Å². The van der Waals surface area contributed by atoms with Crippen LogP contribution in [0.15, 0.2) is 57.3 Å². The maximum absolute atomic E-state index is 13.6. The van der Waals surface area contributed by atoms with Crippen LogP contribution in [-0.2, 0) is 10.5 Å². The van der Waals surface area contributed by atoms with Gasteiger partial charge in [0.25, 0.3) is 0 Å². The van der Waals surface area contributed by atoms with E-state index in [1.54, 1.807) is 7.11 Å². The SMILES string of the molecule is CCCOc1c(Br)cc(C2C3=C(CC(C)(C)CC3=O)Nc3nc(SCc4ccccc4Cl)nn32)cc1OC. The molecular formula is C28H30BrClN4O3S. The summed E-state index contributed by atoms with van der Waals surface area (Å²) in [6, 6.07) is 11.2. The Morgan fingerprint density at radius 2 is 2.05 bits per heavy atom. The number of hydrogen-bond donors (Lipinski definition) is 1. The number of benzene rings is 2. The van der Waals surface area contributed by atoms with E-state index in [1.807, 2.05) is 41.1 Å². The molecule has 5 rings (SSSR count). The highest BCUT2D eigenvalue weighted by atomic mass is 79.9. The lowest BCUT2D eigenvalue weighted by Gasteiger charge is -2.38. The van der Waals surface area contributed by atoms with Crippen LogP contribution < -0.4 is 14.8 Å². The van der Waals surface area contributed by atoms with Gasteiger partial charge in [-0.05, 0) is 63.5 Å². The fourth-order valence-corrected chi connectivity index (χ4v) is 6.65. The number of thioether (sulfide) groups is 1. The number of nitrogens with one attached hydrogen (secondary N) is 1. The van der Waals surface area contributed by atoms with Crippen molar-refractivity contribution >= 4 is 51.0 Å². The summed E-state index contributed by atoms with van der Waals surface area (Å²) in [5.74, 6) is 2.61. The molecule has 1 unspecified atom stereocenters. The van der Waals surface area contributed by atoms with Crippen LogP contribution in [0.3, 0.4) is 0 Å². The average Bonchev–Trinajstić information content (AvgIpc) is 3.27. The van der Waals surface area contributed by atoms with Gasteiger partial charge in [0.2, 0.25) is 11.1 Å². The lowest BCUT2D eigenvalue weighted by molar-refractivity contribution is -0.118. The molecule has 2 aliphatic rings. The number of ketones is 1. The quantitative estimate of drug-likeness (QED) is 0.263. The first-order chi connectivity index (χ1) is 18.2. The number of rotatable bonds is 8. The van der Waals surface area contributed by atoms with Crippen molar-refractivity contribution in [1.82, 2.24) is 14.8 Å². The highest BCUT2D eigenvalue weighted by Crippen LogP contribution is 2.48. The predicted molar refractivity (Wildman–Crippen MR) is 154 cm³/mol. The number of carbonyl (C=O) groups excluding carboxylic acids is 1. The van der Waals surface area contributed by atoms with Gasteiger partial charge in [-0.3, -0.25) is 4.79 Å². The van der Waals surface area contributed by atoms with Gasteiger partial charge in [0.05, 0.1) is 18.2 Å². The molecule has 0 saturated heterocycles. The zero-order valence-electron chi connectivity index (χ0n) is 21.8. The van der Waals surface area contributed by atoms with E-state index in [4.69, 9.17) is 31.2 Å². The number of nitrogens with zero attached hydrogens (tertiary/aromatic N) is 3. The normalized spacial score (nSPS) is 18.1. The summed E-state index contributed by atoms with van der Waals surface area (Å²) in [5, 5.41) is 9.62. The molecule has 3 aromatic rings. The minimum Gasteiger partial charge on any atom is -0.493 e. The van der Waals surface area contributed by atoms with Gasteiger partial charge in [-0.25, -0.2) is 4.68 Å². The Kier molecular flexibility index (Phi) is 7.80. The van der Waals surface area contributed by atoms with Crippen molar-refractivity contribution in [3.05, 3.63) is 68.3 Å². The third-order valence-corrected chi connectivity index (χ3v) is 8.49. The standard InChI is InChI=1S/C28H30BrClN4O3S/c1-5-10-37-25-18(29)11-17(12-22(25)36-4)24-23-20(13-28(2,3)14-21(23)35)31-26-32-27(33-34(24)26)38-15-16-8-6-7-9-19(16)30/h6-9,11-12,24H,5,10,13-15H2,1-4H3,(H,31,32,33). The highest BCUT2D eigenvalue weighted by Gasteiger charge is 2.42. The highest BCUT2D eigenvalue weighted by molar-refractivity contribution is 9.10. The van der Waals surface area contributed by atoms with Crippen LogP contribution in [0.4, 0.5) is 5.95 Å². The summed E-state index contributed by atoms with van der Waals surface area (Å²) in [7, 11) is 1.62. The molecule has 1 aromatic heterocycles. The van der Waals surface area contributed by atoms with Crippen LogP contribution in [0, 0.1) is 5.41 Å². The molecular weight excluding hydrogens is 588 g/mol. The number of anilines is 1. The van der Waals surface area contributed by atoms with Crippen molar-refractivity contribution in [2.24, 2.45) is 5.41 Å². The molecule has 0 bridgehead atoms. The van der Waals surface area contributed by atoms with Crippen molar-refractivity contribution in [3.63, 3.8) is 0 Å². The molecule has 200 valence electrons. The second-order valence-electron chi connectivity index (χ2n) is 10.3. The molecule has 38 heavy (non-hydrogen) atoms. The first-order valence-electron chi connectivity index (χ1n) is 12.6. The number of aromatic nitrogens is 3. The van der Waals surface area contributed by atoms with Crippen molar-refractivity contribution in [3.8, 4) is 11.5 Å². The lowest BCUT2D eigenvalue weighted by atomic mass is 9.73. The lowest BCUT2D eigenvalue weighted by Crippen LogP contribution is -2.36. The van der Waals surface area contributed by atoms with Crippen LogP contribution in [0.2, 0.25) is 5.02 Å². The van der Waals surface area contributed by atoms with Crippen LogP contribution >= 0.6 is 39.3 Å². The van der Waals surface area contributed by atoms with Crippen molar-refractivity contribution in [2.45, 2.75) is 57.0 Å². The predicted octanol–water partition coefficient (Wildman–Crippen LogP) is 7.44. The van der Waals surface area contributed by atoms with E-state index in [-0.39, 0.29) is 11.2 Å². The van der Waals surface area contributed by atoms with Crippen LogP contribution in [0.25, 0.3) is 0 Å². The summed E-state index contributed by atoms with van der Waals surface area (Å²) >= 11 is 11.6. The van der Waals surface area contributed by atoms with Gasteiger partial charge < -0.3 is 14.8 Å². The van der Waals surface area contributed by atoms with E-state index in [1.165, 1.54) is 11.8 Å². The Morgan fingerprint density at radius 3 is 2.79 bits per heavy atom. The first-order valence-corrected chi connectivity index (χ1v) is 14.7. The molecule has 7 nitrogen and oxygen atoms in total. The molecule has 10 heteroatoms. The molecule has 1 atom stereocenters. The second-order valence-corrected chi connectivity index (χ2v) is 12.5. The van der Waals surface area contributed by atoms with E-state index in [0.29, 0.717) is 46.4 Å². The van der Waals surface area contributed by atoms with Gasteiger partial charge in [-0.1, -0.05) is 62.3 Å². The molecule has 0 saturated carbocycles. The number of hydrogen-bond acceptors (Lipinski definition) is 7. The van der Waals surface area contributed by atoms with Gasteiger partial charge in [-0.2, -0.15) is 4.98 Å². The molecule has 2 heterocycles. The van der Waals surface area contributed by atoms with E-state index in [9.17, 15) is 4.79 Å².